The van der Waals surface area contributed by atoms with Gasteiger partial charge in [0.05, 0.1) is 25.5 Å². The predicted molar refractivity (Wildman–Crippen MR) is 94.8 cm³/mol. The van der Waals surface area contributed by atoms with E-state index in [-0.39, 0.29) is 5.91 Å². The van der Waals surface area contributed by atoms with Crippen LogP contribution in [0.25, 0.3) is 0 Å². The summed E-state index contributed by atoms with van der Waals surface area (Å²) < 4.78 is 10.9. The monoisotopic (exact) mass is 326 g/mol. The van der Waals surface area contributed by atoms with Crippen LogP contribution in [0, 0.1) is 5.92 Å². The van der Waals surface area contributed by atoms with Crippen molar-refractivity contribution >= 4 is 12.1 Å². The quantitative estimate of drug-likeness (QED) is 0.626. The average Bonchev–Trinajstić information content (AvgIpc) is 2.60. The maximum atomic E-state index is 12.2. The molecule has 24 heavy (non-hydrogen) atoms. The number of para-hydroxylation sites is 2. The highest BCUT2D eigenvalue weighted by molar-refractivity contribution is 5.97. The van der Waals surface area contributed by atoms with E-state index in [9.17, 15) is 4.79 Å². The second-order valence-corrected chi connectivity index (χ2v) is 5.64. The molecule has 0 aliphatic carbocycles. The van der Waals surface area contributed by atoms with Crippen molar-refractivity contribution in [3.63, 3.8) is 0 Å². The number of benzene rings is 2. The zero-order valence-electron chi connectivity index (χ0n) is 14.2. The van der Waals surface area contributed by atoms with Crippen molar-refractivity contribution in [1.29, 1.82) is 0 Å². The summed E-state index contributed by atoms with van der Waals surface area (Å²) in [6.07, 6.45) is 1.57. The Morgan fingerprint density at radius 1 is 1.12 bits per heavy atom. The lowest BCUT2D eigenvalue weighted by Gasteiger charge is -2.10. The van der Waals surface area contributed by atoms with E-state index < -0.39 is 0 Å². The molecule has 0 aliphatic heterocycles. The summed E-state index contributed by atoms with van der Waals surface area (Å²) in [5.74, 6) is 1.34. The number of hydrogen-bond acceptors (Lipinski definition) is 4. The van der Waals surface area contributed by atoms with Crippen molar-refractivity contribution in [3.05, 3.63) is 59.7 Å². The number of ether oxygens (including phenoxy) is 2. The molecule has 2 rings (SSSR count). The zero-order chi connectivity index (χ0) is 17.4. The maximum absolute atomic E-state index is 12.2. The maximum Gasteiger partial charge on any atom is 0.275 e. The van der Waals surface area contributed by atoms with Crippen LogP contribution < -0.4 is 14.9 Å². The predicted octanol–water partition coefficient (Wildman–Crippen LogP) is 3.49. The summed E-state index contributed by atoms with van der Waals surface area (Å²) in [6, 6.07) is 14.6. The zero-order valence-corrected chi connectivity index (χ0v) is 14.2. The molecule has 1 N–H and O–H groups in total. The van der Waals surface area contributed by atoms with Crippen molar-refractivity contribution in [1.82, 2.24) is 5.43 Å². The average molecular weight is 326 g/mol. The molecule has 126 valence electrons. The molecular weight excluding hydrogens is 304 g/mol. The molecule has 0 bridgehead atoms. The van der Waals surface area contributed by atoms with Crippen molar-refractivity contribution < 1.29 is 14.3 Å². The second kappa shape index (κ2) is 8.72. The van der Waals surface area contributed by atoms with Gasteiger partial charge >= 0.3 is 0 Å². The summed E-state index contributed by atoms with van der Waals surface area (Å²) in [5.41, 5.74) is 3.75. The lowest BCUT2D eigenvalue weighted by Crippen LogP contribution is -2.18. The van der Waals surface area contributed by atoms with E-state index >= 15 is 0 Å². The Morgan fingerprint density at radius 3 is 2.50 bits per heavy atom. The van der Waals surface area contributed by atoms with Gasteiger partial charge in [-0.15, -0.1) is 0 Å². The van der Waals surface area contributed by atoms with Gasteiger partial charge in [-0.2, -0.15) is 5.10 Å². The Kier molecular flexibility index (Phi) is 6.37. The molecule has 5 nitrogen and oxygen atoms in total. The molecule has 0 atom stereocenters. The number of nitrogens with zero attached hydrogens (tertiary/aromatic N) is 1. The number of nitrogens with one attached hydrogen (secondary N) is 1. The van der Waals surface area contributed by atoms with Crippen LogP contribution in [0.15, 0.2) is 53.6 Å². The van der Waals surface area contributed by atoms with Crippen LogP contribution in [0.5, 0.6) is 11.5 Å². The highest BCUT2D eigenvalue weighted by Gasteiger charge is 2.10. The topological polar surface area (TPSA) is 59.9 Å². The standard InChI is InChI=1S/C19H22N2O3/c1-14(2)13-24-17-10-6-4-8-15(17)12-20-21-19(22)16-9-5-7-11-18(16)23-3/h4-12,14H,13H2,1-3H3,(H,21,22)/b20-12+. The van der Waals surface area contributed by atoms with E-state index in [1.807, 2.05) is 24.3 Å². The number of amides is 1. The minimum absolute atomic E-state index is 0.329. The lowest BCUT2D eigenvalue weighted by molar-refractivity contribution is 0.0952. The Morgan fingerprint density at radius 2 is 1.79 bits per heavy atom. The van der Waals surface area contributed by atoms with Gasteiger partial charge in [0.1, 0.15) is 11.5 Å². The molecule has 2 aromatic carbocycles. The van der Waals surface area contributed by atoms with Crippen molar-refractivity contribution in [2.75, 3.05) is 13.7 Å². The molecule has 1 amide bonds. The van der Waals surface area contributed by atoms with Crippen molar-refractivity contribution in [3.8, 4) is 11.5 Å². The molecule has 5 heteroatoms. The summed E-state index contributed by atoms with van der Waals surface area (Å²) >= 11 is 0. The number of rotatable bonds is 7. The third kappa shape index (κ3) is 4.84. The van der Waals surface area contributed by atoms with E-state index in [2.05, 4.69) is 24.4 Å². The van der Waals surface area contributed by atoms with Crippen LogP contribution in [0.3, 0.4) is 0 Å². The smallest absolute Gasteiger partial charge is 0.275 e. The van der Waals surface area contributed by atoms with Crippen LogP contribution in [0.2, 0.25) is 0 Å². The third-order valence-electron chi connectivity index (χ3n) is 3.21. The molecule has 0 spiro atoms. The van der Waals surface area contributed by atoms with Crippen LogP contribution in [-0.2, 0) is 0 Å². The first-order chi connectivity index (χ1) is 11.6. The third-order valence-corrected chi connectivity index (χ3v) is 3.21. The fourth-order valence-electron chi connectivity index (χ4n) is 2.03. The molecule has 0 heterocycles. The minimum Gasteiger partial charge on any atom is -0.496 e. The number of carbonyl (C=O) groups is 1. The SMILES string of the molecule is COc1ccccc1C(=O)N/N=C/c1ccccc1OCC(C)C. The highest BCUT2D eigenvalue weighted by atomic mass is 16.5. The number of carbonyl (C=O) groups excluding carboxylic acids is 1. The first-order valence-corrected chi connectivity index (χ1v) is 7.80. The fraction of sp³-hybridized carbons (Fsp3) is 0.263. The molecule has 0 unspecified atom stereocenters. The van der Waals surface area contributed by atoms with Crippen molar-refractivity contribution in [2.24, 2.45) is 11.0 Å². The van der Waals surface area contributed by atoms with E-state index in [4.69, 9.17) is 9.47 Å². The molecule has 0 aromatic heterocycles. The Balaban J connectivity index is 2.05. The number of methoxy groups -OCH3 is 1. The van der Waals surface area contributed by atoms with Crippen molar-refractivity contribution in [2.45, 2.75) is 13.8 Å². The van der Waals surface area contributed by atoms with Gasteiger partial charge in [0, 0.05) is 5.56 Å². The summed E-state index contributed by atoms with van der Waals surface area (Å²) in [5, 5.41) is 4.02. The van der Waals surface area contributed by atoms with Crippen LogP contribution >= 0.6 is 0 Å². The van der Waals surface area contributed by atoms with Crippen LogP contribution in [0.1, 0.15) is 29.8 Å². The van der Waals surface area contributed by atoms with Gasteiger partial charge < -0.3 is 9.47 Å². The Bertz CT molecular complexity index is 711. The molecule has 0 aliphatic rings. The highest BCUT2D eigenvalue weighted by Crippen LogP contribution is 2.18. The largest absolute Gasteiger partial charge is 0.496 e. The second-order valence-electron chi connectivity index (χ2n) is 5.64. The molecule has 0 saturated heterocycles. The number of hydrazone groups is 1. The van der Waals surface area contributed by atoms with Gasteiger partial charge in [0.2, 0.25) is 0 Å². The summed E-state index contributed by atoms with van der Waals surface area (Å²) in [7, 11) is 1.53. The van der Waals surface area contributed by atoms with E-state index in [0.717, 1.165) is 11.3 Å². The van der Waals surface area contributed by atoms with Gasteiger partial charge in [-0.3, -0.25) is 4.79 Å². The lowest BCUT2D eigenvalue weighted by atomic mass is 10.2. The normalized spacial score (nSPS) is 10.8. The van der Waals surface area contributed by atoms with E-state index in [1.165, 1.54) is 7.11 Å². The molecule has 0 fully saturated rings. The van der Waals surface area contributed by atoms with Gasteiger partial charge in [-0.25, -0.2) is 5.43 Å². The first-order valence-electron chi connectivity index (χ1n) is 7.80. The van der Waals surface area contributed by atoms with E-state index in [0.29, 0.717) is 23.8 Å². The molecular formula is C19H22N2O3. The first kappa shape index (κ1) is 17.5. The van der Waals surface area contributed by atoms with Gasteiger partial charge in [0.15, 0.2) is 0 Å². The number of hydrogen-bond donors (Lipinski definition) is 1. The van der Waals surface area contributed by atoms with Crippen LogP contribution in [0.4, 0.5) is 0 Å². The molecule has 0 saturated carbocycles. The van der Waals surface area contributed by atoms with Gasteiger partial charge in [-0.05, 0) is 30.2 Å². The summed E-state index contributed by atoms with van der Waals surface area (Å²) in [4.78, 5) is 12.2. The van der Waals surface area contributed by atoms with Gasteiger partial charge in [0.25, 0.3) is 5.91 Å². The summed E-state index contributed by atoms with van der Waals surface area (Å²) in [6.45, 7) is 4.80. The fourth-order valence-corrected chi connectivity index (χ4v) is 2.03. The van der Waals surface area contributed by atoms with E-state index in [1.54, 1.807) is 30.5 Å². The Labute approximate surface area is 142 Å². The molecule has 2 aromatic rings. The minimum atomic E-state index is -0.329. The molecule has 0 radical (unpaired) electrons. The Hall–Kier alpha value is -2.82. The van der Waals surface area contributed by atoms with Gasteiger partial charge in [-0.1, -0.05) is 38.1 Å². The van der Waals surface area contributed by atoms with Crippen LogP contribution in [-0.4, -0.2) is 25.8 Å².